The van der Waals surface area contributed by atoms with Gasteiger partial charge in [-0.25, -0.2) is 0 Å². The van der Waals surface area contributed by atoms with Gasteiger partial charge in [0.25, 0.3) is 0 Å². The van der Waals surface area contributed by atoms with Gasteiger partial charge in [0.1, 0.15) is 5.75 Å². The number of hydrogen-bond acceptors (Lipinski definition) is 3. The summed E-state index contributed by atoms with van der Waals surface area (Å²) in [5.41, 5.74) is 3.64. The normalized spacial score (nSPS) is 18.8. The van der Waals surface area contributed by atoms with Gasteiger partial charge in [0, 0.05) is 12.0 Å². The molecule has 1 heterocycles. The molecule has 0 amide bonds. The highest BCUT2D eigenvalue weighted by atomic mass is 16.5. The van der Waals surface area contributed by atoms with Crippen LogP contribution in [0.15, 0.2) is 12.1 Å². The van der Waals surface area contributed by atoms with Crippen LogP contribution in [-0.4, -0.2) is 32.0 Å². The molecule has 2 rings (SSSR count). The van der Waals surface area contributed by atoms with Crippen LogP contribution in [0.5, 0.6) is 5.75 Å². The van der Waals surface area contributed by atoms with Crippen molar-refractivity contribution in [2.75, 3.05) is 26.9 Å². The molecule has 0 bridgehead atoms. The number of rotatable bonds is 5. The molecule has 0 radical (unpaired) electrons. The molecule has 1 unspecified atom stereocenters. The van der Waals surface area contributed by atoms with Crippen LogP contribution in [0, 0.1) is 19.8 Å². The van der Waals surface area contributed by atoms with Gasteiger partial charge in [-0.3, -0.25) is 0 Å². The Balaban J connectivity index is 2.47. The second-order valence-corrected chi connectivity index (χ2v) is 5.57. The van der Waals surface area contributed by atoms with Gasteiger partial charge in [0.05, 0.1) is 20.3 Å². The zero-order valence-electron chi connectivity index (χ0n) is 12.3. The van der Waals surface area contributed by atoms with Gasteiger partial charge in [-0.1, -0.05) is 19.4 Å². The average Bonchev–Trinajstić information content (AvgIpc) is 2.36. The molecule has 1 fully saturated rings. The third-order valence-corrected chi connectivity index (χ3v) is 4.49. The van der Waals surface area contributed by atoms with Crippen LogP contribution in [0.25, 0.3) is 0 Å². The fraction of sp³-hybridized carbons (Fsp3) is 0.625. The van der Waals surface area contributed by atoms with E-state index < -0.39 is 0 Å². The number of hydrogen-bond donors (Lipinski definition) is 1. The van der Waals surface area contributed by atoms with Gasteiger partial charge < -0.3 is 14.6 Å². The minimum atomic E-state index is -0.0232. The molecule has 1 aromatic rings. The summed E-state index contributed by atoms with van der Waals surface area (Å²) in [5, 5.41) is 9.67. The molecule has 19 heavy (non-hydrogen) atoms. The van der Waals surface area contributed by atoms with E-state index in [1.54, 1.807) is 7.11 Å². The Bertz CT molecular complexity index is 446. The van der Waals surface area contributed by atoms with E-state index in [1.165, 1.54) is 11.1 Å². The summed E-state index contributed by atoms with van der Waals surface area (Å²) in [6, 6.07) is 4.30. The first-order chi connectivity index (χ1) is 9.08. The lowest BCUT2D eigenvalue weighted by molar-refractivity contribution is -0.101. The Morgan fingerprint density at radius 1 is 1.32 bits per heavy atom. The van der Waals surface area contributed by atoms with E-state index in [2.05, 4.69) is 32.9 Å². The van der Waals surface area contributed by atoms with Gasteiger partial charge in [0.2, 0.25) is 0 Å². The predicted molar refractivity (Wildman–Crippen MR) is 75.8 cm³/mol. The molecule has 1 aliphatic heterocycles. The standard InChI is InChI=1S/C16H24O3/c1-5-13(8-17)16(9-19-10-16)14-6-12(3)15(18-4)7-11(14)2/h6-7,13,17H,5,8-10H2,1-4H3. The summed E-state index contributed by atoms with van der Waals surface area (Å²) in [6.07, 6.45) is 0.963. The highest BCUT2D eigenvalue weighted by Gasteiger charge is 2.46. The summed E-state index contributed by atoms with van der Waals surface area (Å²) < 4.78 is 10.9. The number of aliphatic hydroxyl groups is 1. The zero-order chi connectivity index (χ0) is 14.0. The molecule has 1 aromatic carbocycles. The molecular weight excluding hydrogens is 240 g/mol. The summed E-state index contributed by atoms with van der Waals surface area (Å²) in [7, 11) is 1.70. The van der Waals surface area contributed by atoms with Crippen LogP contribution in [0.2, 0.25) is 0 Å². The second-order valence-electron chi connectivity index (χ2n) is 5.57. The van der Waals surface area contributed by atoms with E-state index in [0.717, 1.165) is 17.7 Å². The zero-order valence-corrected chi connectivity index (χ0v) is 12.3. The minimum absolute atomic E-state index is 0.0232. The maximum Gasteiger partial charge on any atom is 0.122 e. The lowest BCUT2D eigenvalue weighted by Crippen LogP contribution is -2.53. The molecule has 1 atom stereocenters. The number of aryl methyl sites for hydroxylation is 2. The molecule has 3 heteroatoms. The first-order valence-electron chi connectivity index (χ1n) is 6.93. The van der Waals surface area contributed by atoms with Crippen molar-refractivity contribution in [2.45, 2.75) is 32.6 Å². The first kappa shape index (κ1) is 14.4. The van der Waals surface area contributed by atoms with E-state index in [9.17, 15) is 5.11 Å². The van der Waals surface area contributed by atoms with E-state index in [0.29, 0.717) is 13.2 Å². The molecule has 1 aliphatic rings. The van der Waals surface area contributed by atoms with Crippen LogP contribution in [0.1, 0.15) is 30.0 Å². The Kier molecular flexibility index (Phi) is 4.16. The molecule has 0 saturated carbocycles. The quantitative estimate of drug-likeness (QED) is 0.888. The highest BCUT2D eigenvalue weighted by molar-refractivity contribution is 5.46. The third kappa shape index (κ3) is 2.26. The molecule has 106 valence electrons. The van der Waals surface area contributed by atoms with Gasteiger partial charge in [0.15, 0.2) is 0 Å². The third-order valence-electron chi connectivity index (χ3n) is 4.49. The summed E-state index contributed by atoms with van der Waals surface area (Å²) in [5.74, 6) is 1.18. The Hall–Kier alpha value is -1.06. The molecule has 1 N–H and O–H groups in total. The lowest BCUT2D eigenvalue weighted by Gasteiger charge is -2.48. The van der Waals surface area contributed by atoms with Gasteiger partial charge in [-0.2, -0.15) is 0 Å². The maximum atomic E-state index is 9.67. The lowest BCUT2D eigenvalue weighted by atomic mass is 9.66. The van der Waals surface area contributed by atoms with Crippen molar-refractivity contribution in [3.63, 3.8) is 0 Å². The largest absolute Gasteiger partial charge is 0.496 e. The number of ether oxygens (including phenoxy) is 2. The Morgan fingerprint density at radius 3 is 2.42 bits per heavy atom. The Morgan fingerprint density at radius 2 is 2.00 bits per heavy atom. The molecular formula is C16H24O3. The molecule has 0 aliphatic carbocycles. The van der Waals surface area contributed by atoms with E-state index >= 15 is 0 Å². The number of methoxy groups -OCH3 is 1. The molecule has 1 saturated heterocycles. The van der Waals surface area contributed by atoms with Crippen LogP contribution in [-0.2, 0) is 10.2 Å². The smallest absolute Gasteiger partial charge is 0.122 e. The minimum Gasteiger partial charge on any atom is -0.496 e. The van der Waals surface area contributed by atoms with Gasteiger partial charge >= 0.3 is 0 Å². The second kappa shape index (κ2) is 5.51. The van der Waals surface area contributed by atoms with Gasteiger partial charge in [-0.05, 0) is 42.5 Å². The average molecular weight is 264 g/mol. The van der Waals surface area contributed by atoms with E-state index in [-0.39, 0.29) is 17.9 Å². The summed E-state index contributed by atoms with van der Waals surface area (Å²) >= 11 is 0. The first-order valence-corrected chi connectivity index (χ1v) is 6.93. The Labute approximate surface area is 115 Å². The van der Waals surface area contributed by atoms with Crippen LogP contribution < -0.4 is 4.74 Å². The van der Waals surface area contributed by atoms with Crippen molar-refractivity contribution < 1.29 is 14.6 Å². The van der Waals surface area contributed by atoms with Crippen molar-refractivity contribution in [1.29, 1.82) is 0 Å². The monoisotopic (exact) mass is 264 g/mol. The maximum absolute atomic E-state index is 9.67. The molecule has 3 nitrogen and oxygen atoms in total. The SMILES string of the molecule is CCC(CO)C1(c2cc(C)c(OC)cc2C)COC1. The fourth-order valence-corrected chi connectivity index (χ4v) is 3.17. The highest BCUT2D eigenvalue weighted by Crippen LogP contribution is 2.43. The summed E-state index contributed by atoms with van der Waals surface area (Å²) in [6.45, 7) is 7.94. The molecule has 0 spiro atoms. The van der Waals surface area contributed by atoms with Crippen molar-refractivity contribution in [2.24, 2.45) is 5.92 Å². The summed E-state index contributed by atoms with van der Waals surface area (Å²) in [4.78, 5) is 0. The van der Waals surface area contributed by atoms with Crippen molar-refractivity contribution >= 4 is 0 Å². The van der Waals surface area contributed by atoms with E-state index in [4.69, 9.17) is 9.47 Å². The van der Waals surface area contributed by atoms with E-state index in [1.807, 2.05) is 0 Å². The topological polar surface area (TPSA) is 38.7 Å². The van der Waals surface area contributed by atoms with Crippen LogP contribution >= 0.6 is 0 Å². The van der Waals surface area contributed by atoms with Crippen molar-refractivity contribution in [1.82, 2.24) is 0 Å². The van der Waals surface area contributed by atoms with Gasteiger partial charge in [-0.15, -0.1) is 0 Å². The van der Waals surface area contributed by atoms with Crippen LogP contribution in [0.3, 0.4) is 0 Å². The predicted octanol–water partition coefficient (Wildman–Crippen LogP) is 2.60. The number of aliphatic hydroxyl groups excluding tert-OH is 1. The fourth-order valence-electron chi connectivity index (χ4n) is 3.17. The van der Waals surface area contributed by atoms with Crippen LogP contribution in [0.4, 0.5) is 0 Å². The molecule has 0 aromatic heterocycles. The van der Waals surface area contributed by atoms with Crippen molar-refractivity contribution in [3.8, 4) is 5.75 Å². The van der Waals surface area contributed by atoms with Crippen molar-refractivity contribution in [3.05, 3.63) is 28.8 Å². The number of benzene rings is 1.